The Morgan fingerprint density at radius 1 is 1.53 bits per heavy atom. The van der Waals surface area contributed by atoms with Crippen molar-refractivity contribution in [3.8, 4) is 0 Å². The summed E-state index contributed by atoms with van der Waals surface area (Å²) in [5.74, 6) is -1.75. The zero-order valence-electron chi connectivity index (χ0n) is 7.67. The second-order valence-corrected chi connectivity index (χ2v) is 3.13. The molecule has 1 heterocycles. The molecule has 0 aliphatic carbocycles. The van der Waals surface area contributed by atoms with Gasteiger partial charge < -0.3 is 16.0 Å². The lowest BCUT2D eigenvalue weighted by atomic mass is 10.2. The summed E-state index contributed by atoms with van der Waals surface area (Å²) in [4.78, 5) is 22.8. The van der Waals surface area contributed by atoms with E-state index in [1.54, 1.807) is 0 Å². The van der Waals surface area contributed by atoms with Gasteiger partial charge in [-0.2, -0.15) is 13.2 Å². The van der Waals surface area contributed by atoms with Crippen molar-refractivity contribution in [1.29, 1.82) is 0 Å². The molecule has 0 aromatic rings. The van der Waals surface area contributed by atoms with Crippen LogP contribution in [0.5, 0.6) is 0 Å². The van der Waals surface area contributed by atoms with Gasteiger partial charge in [0.1, 0.15) is 0 Å². The number of hydrogen-bond acceptors (Lipinski definition) is 3. The predicted octanol–water partition coefficient (Wildman–Crippen LogP) is -1.17. The molecular weight excluding hydrogens is 215 g/mol. The van der Waals surface area contributed by atoms with Crippen LogP contribution >= 0.6 is 0 Å². The molecule has 1 aliphatic rings. The van der Waals surface area contributed by atoms with E-state index >= 15 is 0 Å². The molecule has 8 heteroatoms. The summed E-state index contributed by atoms with van der Waals surface area (Å²) in [6, 6.07) is -2.55. The summed E-state index contributed by atoms with van der Waals surface area (Å²) in [5.41, 5.74) is 4.72. The monoisotopic (exact) mass is 225 g/mol. The maximum Gasteiger partial charge on any atom is 0.412 e. The van der Waals surface area contributed by atoms with Crippen molar-refractivity contribution in [2.45, 2.75) is 12.2 Å². The van der Waals surface area contributed by atoms with Crippen LogP contribution in [-0.2, 0) is 9.59 Å². The first kappa shape index (κ1) is 11.8. The van der Waals surface area contributed by atoms with Gasteiger partial charge in [0.2, 0.25) is 11.8 Å². The molecule has 0 aromatic carbocycles. The third-order valence-electron chi connectivity index (χ3n) is 1.97. The van der Waals surface area contributed by atoms with E-state index in [-0.39, 0.29) is 19.6 Å². The third-order valence-corrected chi connectivity index (χ3v) is 1.97. The van der Waals surface area contributed by atoms with Crippen LogP contribution in [0.25, 0.3) is 0 Å². The molecule has 1 atom stereocenters. The smallest absolute Gasteiger partial charge is 0.353 e. The van der Waals surface area contributed by atoms with Gasteiger partial charge in [-0.25, -0.2) is 0 Å². The van der Waals surface area contributed by atoms with Crippen LogP contribution in [0.2, 0.25) is 0 Å². The first-order valence-corrected chi connectivity index (χ1v) is 4.20. The Hall–Kier alpha value is -1.31. The van der Waals surface area contributed by atoms with Gasteiger partial charge >= 0.3 is 6.18 Å². The van der Waals surface area contributed by atoms with Crippen molar-refractivity contribution in [2.24, 2.45) is 5.73 Å². The topological polar surface area (TPSA) is 75.4 Å². The second kappa shape index (κ2) is 4.05. The van der Waals surface area contributed by atoms with E-state index in [0.717, 1.165) is 4.90 Å². The zero-order chi connectivity index (χ0) is 11.6. The minimum Gasteiger partial charge on any atom is -0.353 e. The summed E-state index contributed by atoms with van der Waals surface area (Å²) in [6.45, 7) is -0.174. The van der Waals surface area contributed by atoms with Gasteiger partial charge in [-0.1, -0.05) is 0 Å². The highest BCUT2D eigenvalue weighted by Crippen LogP contribution is 2.20. The van der Waals surface area contributed by atoms with Crippen LogP contribution in [0, 0.1) is 0 Å². The lowest BCUT2D eigenvalue weighted by molar-refractivity contribution is -0.171. The number of nitrogens with two attached hydrogens (primary N) is 1. The average Bonchev–Trinajstić information content (AvgIpc) is 2.14. The molecule has 0 aromatic heterocycles. The van der Waals surface area contributed by atoms with Crippen molar-refractivity contribution < 1.29 is 22.8 Å². The van der Waals surface area contributed by atoms with Crippen molar-refractivity contribution in [3.63, 3.8) is 0 Å². The van der Waals surface area contributed by atoms with E-state index < -0.39 is 24.0 Å². The fourth-order valence-corrected chi connectivity index (χ4v) is 1.16. The van der Waals surface area contributed by atoms with Crippen molar-refractivity contribution in [1.82, 2.24) is 10.2 Å². The van der Waals surface area contributed by atoms with E-state index in [4.69, 9.17) is 5.73 Å². The Balaban J connectivity index is 2.64. The van der Waals surface area contributed by atoms with Gasteiger partial charge in [0.05, 0.1) is 6.54 Å². The standard InChI is InChI=1S/C7H10F3N3O2/c8-7(9,10)5(11)6(15)13-2-1-12-4(14)3-13/h5H,1-3,11H2,(H,12,14). The van der Waals surface area contributed by atoms with Gasteiger partial charge in [0, 0.05) is 13.1 Å². The van der Waals surface area contributed by atoms with Crippen LogP contribution in [0.15, 0.2) is 0 Å². The number of alkyl halides is 3. The molecule has 0 spiro atoms. The molecule has 0 radical (unpaired) electrons. The number of rotatable bonds is 1. The molecule has 1 saturated heterocycles. The second-order valence-electron chi connectivity index (χ2n) is 3.13. The van der Waals surface area contributed by atoms with Crippen LogP contribution in [0.1, 0.15) is 0 Å². The first-order chi connectivity index (χ1) is 6.82. The minimum absolute atomic E-state index is 0.0500. The number of piperazine rings is 1. The fourth-order valence-electron chi connectivity index (χ4n) is 1.16. The number of halogens is 3. The Bertz CT molecular complexity index is 279. The molecule has 1 fully saturated rings. The Morgan fingerprint density at radius 2 is 2.13 bits per heavy atom. The van der Waals surface area contributed by atoms with Gasteiger partial charge in [-0.05, 0) is 0 Å². The molecule has 1 rings (SSSR count). The van der Waals surface area contributed by atoms with Crippen molar-refractivity contribution in [2.75, 3.05) is 19.6 Å². The highest BCUT2D eigenvalue weighted by Gasteiger charge is 2.44. The van der Waals surface area contributed by atoms with Gasteiger partial charge in [-0.3, -0.25) is 9.59 Å². The molecule has 0 saturated carbocycles. The summed E-state index contributed by atoms with van der Waals surface area (Å²) < 4.78 is 36.2. The number of carbonyl (C=O) groups excluding carboxylic acids is 2. The number of hydrogen-bond donors (Lipinski definition) is 2. The normalized spacial score (nSPS) is 19.7. The maximum absolute atomic E-state index is 12.1. The first-order valence-electron chi connectivity index (χ1n) is 4.20. The molecule has 0 bridgehead atoms. The number of carbonyl (C=O) groups is 2. The van der Waals surface area contributed by atoms with E-state index in [1.165, 1.54) is 0 Å². The highest BCUT2D eigenvalue weighted by atomic mass is 19.4. The molecule has 86 valence electrons. The van der Waals surface area contributed by atoms with E-state index in [0.29, 0.717) is 0 Å². The maximum atomic E-state index is 12.1. The van der Waals surface area contributed by atoms with Crippen LogP contribution in [-0.4, -0.2) is 48.6 Å². The lowest BCUT2D eigenvalue weighted by Crippen LogP contribution is -2.57. The molecule has 1 aliphatic heterocycles. The van der Waals surface area contributed by atoms with Crippen LogP contribution < -0.4 is 11.1 Å². The summed E-state index contributed by atoms with van der Waals surface area (Å²) >= 11 is 0. The molecular formula is C7H10F3N3O2. The number of nitrogens with zero attached hydrogens (tertiary/aromatic N) is 1. The van der Waals surface area contributed by atoms with Gasteiger partial charge in [-0.15, -0.1) is 0 Å². The van der Waals surface area contributed by atoms with Gasteiger partial charge in [0.15, 0.2) is 6.04 Å². The van der Waals surface area contributed by atoms with Crippen molar-refractivity contribution in [3.05, 3.63) is 0 Å². The summed E-state index contributed by atoms with van der Waals surface area (Å²) in [5, 5.41) is 2.39. The molecule has 15 heavy (non-hydrogen) atoms. The molecule has 3 N–H and O–H groups in total. The summed E-state index contributed by atoms with van der Waals surface area (Å²) in [7, 11) is 0. The minimum atomic E-state index is -4.77. The van der Waals surface area contributed by atoms with E-state index in [9.17, 15) is 22.8 Å². The Morgan fingerprint density at radius 3 is 2.60 bits per heavy atom. The molecule has 2 amide bonds. The van der Waals surface area contributed by atoms with Gasteiger partial charge in [0.25, 0.3) is 0 Å². The van der Waals surface area contributed by atoms with Crippen LogP contribution in [0.4, 0.5) is 13.2 Å². The van der Waals surface area contributed by atoms with Crippen molar-refractivity contribution >= 4 is 11.8 Å². The molecule has 5 nitrogen and oxygen atoms in total. The predicted molar refractivity (Wildman–Crippen MR) is 43.6 cm³/mol. The summed E-state index contributed by atoms with van der Waals surface area (Å²) in [6.07, 6.45) is -4.77. The third kappa shape index (κ3) is 2.82. The van der Waals surface area contributed by atoms with E-state index in [2.05, 4.69) is 5.32 Å². The SMILES string of the molecule is NC(C(=O)N1CCNC(=O)C1)C(F)(F)F. The Kier molecular flexibility index (Phi) is 3.18. The Labute approximate surface area is 83.4 Å². The average molecular weight is 225 g/mol. The largest absolute Gasteiger partial charge is 0.412 e. The number of amides is 2. The molecule has 1 unspecified atom stereocenters. The van der Waals surface area contributed by atoms with Crippen LogP contribution in [0.3, 0.4) is 0 Å². The lowest BCUT2D eigenvalue weighted by Gasteiger charge is -2.29. The van der Waals surface area contributed by atoms with E-state index in [1.807, 2.05) is 0 Å². The highest BCUT2D eigenvalue weighted by molar-refractivity contribution is 5.88. The zero-order valence-corrected chi connectivity index (χ0v) is 7.67. The number of nitrogens with one attached hydrogen (secondary N) is 1. The quantitative estimate of drug-likeness (QED) is 0.590. The fraction of sp³-hybridized carbons (Fsp3) is 0.714.